The molecule has 2 fully saturated rings. The Morgan fingerprint density at radius 2 is 2.19 bits per heavy atom. The molecular weight excluding hydrogens is 308 g/mol. The Bertz CT molecular complexity index is 604. The maximum absolute atomic E-state index is 12.0. The van der Waals surface area contributed by atoms with Crippen molar-refractivity contribution < 1.29 is 8.42 Å². The number of piperidine rings is 1. The summed E-state index contributed by atoms with van der Waals surface area (Å²) in [7, 11) is -3.12. The highest BCUT2D eigenvalue weighted by Gasteiger charge is 2.37. The first kappa shape index (κ1) is 15.1. The molecule has 1 aliphatic carbocycles. The summed E-state index contributed by atoms with van der Waals surface area (Å²) in [5.41, 5.74) is 0. The van der Waals surface area contributed by atoms with Crippen LogP contribution in [0.2, 0.25) is 0 Å². The first-order chi connectivity index (χ1) is 10.1. The van der Waals surface area contributed by atoms with Crippen molar-refractivity contribution in [3.63, 3.8) is 0 Å². The Labute approximate surface area is 129 Å². The topological polar surface area (TPSA) is 75.2 Å². The Balaban J connectivity index is 1.67. The van der Waals surface area contributed by atoms with E-state index in [0.29, 0.717) is 6.54 Å². The van der Waals surface area contributed by atoms with Crippen LogP contribution in [0.15, 0.2) is 17.4 Å². The average Bonchev–Trinajstić information content (AvgIpc) is 3.32. The maximum atomic E-state index is 12.0. The normalized spacial score (nSPS) is 23.3. The first-order valence-corrected chi connectivity index (χ1v) is 9.99. The van der Waals surface area contributed by atoms with Crippen molar-refractivity contribution in [1.29, 1.82) is 0 Å². The van der Waals surface area contributed by atoms with Crippen LogP contribution in [0.1, 0.15) is 25.7 Å². The van der Waals surface area contributed by atoms with E-state index in [0.717, 1.165) is 43.2 Å². The van der Waals surface area contributed by atoms with E-state index in [9.17, 15) is 8.42 Å². The van der Waals surface area contributed by atoms with Crippen LogP contribution in [-0.4, -0.2) is 49.0 Å². The zero-order valence-electron chi connectivity index (χ0n) is 12.0. The molecule has 0 aromatic carbocycles. The second-order valence-corrected chi connectivity index (χ2v) is 8.31. The molecule has 1 saturated carbocycles. The zero-order chi connectivity index (χ0) is 14.9. The molecule has 1 aromatic rings. The summed E-state index contributed by atoms with van der Waals surface area (Å²) in [5, 5.41) is 0.586. The molecule has 1 aliphatic heterocycles. The fourth-order valence-corrected chi connectivity index (χ4v) is 4.55. The van der Waals surface area contributed by atoms with Gasteiger partial charge in [0.2, 0.25) is 10.0 Å². The van der Waals surface area contributed by atoms with Gasteiger partial charge in [-0.1, -0.05) is 11.8 Å². The van der Waals surface area contributed by atoms with Gasteiger partial charge in [-0.15, -0.1) is 0 Å². The number of anilines is 1. The molecule has 1 aromatic heterocycles. The van der Waals surface area contributed by atoms with E-state index < -0.39 is 10.0 Å². The van der Waals surface area contributed by atoms with E-state index in [1.807, 2.05) is 12.3 Å². The second kappa shape index (κ2) is 6.10. The molecule has 1 unspecified atom stereocenters. The van der Waals surface area contributed by atoms with Gasteiger partial charge in [-0.3, -0.25) is 0 Å². The van der Waals surface area contributed by atoms with Crippen molar-refractivity contribution in [2.75, 3.05) is 24.2 Å². The monoisotopic (exact) mass is 328 g/mol. The smallest absolute Gasteiger partial charge is 0.214 e. The van der Waals surface area contributed by atoms with E-state index in [-0.39, 0.29) is 11.3 Å². The van der Waals surface area contributed by atoms with Gasteiger partial charge in [-0.05, 0) is 38.0 Å². The van der Waals surface area contributed by atoms with E-state index >= 15 is 0 Å². The Morgan fingerprint density at radius 3 is 2.90 bits per heavy atom. The Kier molecular flexibility index (Phi) is 4.37. The molecule has 6 nitrogen and oxygen atoms in total. The van der Waals surface area contributed by atoms with E-state index in [1.165, 1.54) is 11.8 Å². The summed E-state index contributed by atoms with van der Waals surface area (Å²) in [6.07, 6.45) is 7.16. The molecule has 0 radical (unpaired) electrons. The Hall–Kier alpha value is -0.860. The summed E-state index contributed by atoms with van der Waals surface area (Å²) in [4.78, 5) is 10.8. The number of thioether (sulfide) groups is 1. The third kappa shape index (κ3) is 3.67. The van der Waals surface area contributed by atoms with Crippen molar-refractivity contribution >= 4 is 27.6 Å². The second-order valence-electron chi connectivity index (χ2n) is 5.55. The highest BCUT2D eigenvalue weighted by atomic mass is 32.2. The lowest BCUT2D eigenvalue weighted by atomic mass is 10.1. The number of nitrogens with one attached hydrogen (secondary N) is 1. The van der Waals surface area contributed by atoms with Gasteiger partial charge >= 0.3 is 0 Å². The SMILES string of the molecule is CSc1nccc(N2CCCC(NS(=O)(=O)C3CC3)C2)n1. The molecule has 2 aliphatic rings. The fraction of sp³-hybridized carbons (Fsp3) is 0.692. The van der Waals surface area contributed by atoms with Crippen LogP contribution in [0, 0.1) is 0 Å². The van der Waals surface area contributed by atoms with Crippen LogP contribution >= 0.6 is 11.8 Å². The highest BCUT2D eigenvalue weighted by molar-refractivity contribution is 7.98. The quantitative estimate of drug-likeness (QED) is 0.648. The predicted molar refractivity (Wildman–Crippen MR) is 84.1 cm³/mol. The van der Waals surface area contributed by atoms with Gasteiger partial charge in [-0.2, -0.15) is 0 Å². The lowest BCUT2D eigenvalue weighted by Gasteiger charge is -2.33. The van der Waals surface area contributed by atoms with E-state index in [4.69, 9.17) is 0 Å². The van der Waals surface area contributed by atoms with Crippen molar-refractivity contribution in [3.05, 3.63) is 12.3 Å². The number of nitrogens with zero attached hydrogens (tertiary/aromatic N) is 3. The molecule has 21 heavy (non-hydrogen) atoms. The van der Waals surface area contributed by atoms with Gasteiger partial charge in [0, 0.05) is 25.3 Å². The number of hydrogen-bond acceptors (Lipinski definition) is 6. The maximum Gasteiger partial charge on any atom is 0.214 e. The molecular formula is C13H20N4O2S2. The molecule has 0 amide bonds. The summed E-state index contributed by atoms with van der Waals surface area (Å²) < 4.78 is 27.0. The molecule has 3 rings (SSSR count). The minimum atomic E-state index is -3.12. The van der Waals surface area contributed by atoms with Crippen LogP contribution in [-0.2, 0) is 10.0 Å². The van der Waals surface area contributed by atoms with Gasteiger partial charge < -0.3 is 4.90 Å². The number of hydrogen-bond donors (Lipinski definition) is 1. The first-order valence-electron chi connectivity index (χ1n) is 7.21. The van der Waals surface area contributed by atoms with Crippen LogP contribution in [0.25, 0.3) is 0 Å². The van der Waals surface area contributed by atoms with Crippen molar-refractivity contribution in [2.24, 2.45) is 0 Å². The molecule has 8 heteroatoms. The van der Waals surface area contributed by atoms with Gasteiger partial charge in [-0.25, -0.2) is 23.1 Å². The Morgan fingerprint density at radius 1 is 1.38 bits per heavy atom. The van der Waals surface area contributed by atoms with Gasteiger partial charge in [0.1, 0.15) is 5.82 Å². The minimum absolute atomic E-state index is 0.0166. The third-order valence-corrected chi connectivity index (χ3v) is 6.41. The number of rotatable bonds is 5. The lowest BCUT2D eigenvalue weighted by molar-refractivity contribution is 0.463. The molecule has 1 saturated heterocycles. The summed E-state index contributed by atoms with van der Waals surface area (Å²) >= 11 is 1.51. The van der Waals surface area contributed by atoms with Crippen LogP contribution in [0.4, 0.5) is 5.82 Å². The molecule has 1 N–H and O–H groups in total. The zero-order valence-corrected chi connectivity index (χ0v) is 13.7. The summed E-state index contributed by atoms with van der Waals surface area (Å²) in [6.45, 7) is 1.59. The fourth-order valence-electron chi connectivity index (χ4n) is 2.59. The molecule has 0 bridgehead atoms. The summed E-state index contributed by atoms with van der Waals surface area (Å²) in [5.74, 6) is 0.879. The largest absolute Gasteiger partial charge is 0.355 e. The van der Waals surface area contributed by atoms with Gasteiger partial charge in [0.15, 0.2) is 5.16 Å². The third-order valence-electron chi connectivity index (χ3n) is 3.84. The minimum Gasteiger partial charge on any atom is -0.355 e. The average molecular weight is 328 g/mol. The van der Waals surface area contributed by atoms with Crippen LogP contribution in [0.3, 0.4) is 0 Å². The highest BCUT2D eigenvalue weighted by Crippen LogP contribution is 2.28. The number of aromatic nitrogens is 2. The summed E-state index contributed by atoms with van der Waals surface area (Å²) in [6, 6.07) is 1.87. The molecule has 116 valence electrons. The predicted octanol–water partition coefficient (Wildman–Crippen LogP) is 1.25. The van der Waals surface area contributed by atoms with Crippen molar-refractivity contribution in [1.82, 2.24) is 14.7 Å². The standard InChI is InChI=1S/C13H20N4O2S2/c1-20-13-14-7-6-12(15-13)17-8-2-3-10(9-17)16-21(18,19)11-4-5-11/h6-7,10-11,16H,2-5,8-9H2,1H3. The molecule has 2 heterocycles. The van der Waals surface area contributed by atoms with Crippen molar-refractivity contribution in [2.45, 2.75) is 42.1 Å². The van der Waals surface area contributed by atoms with E-state index in [2.05, 4.69) is 19.6 Å². The molecule has 1 atom stereocenters. The van der Waals surface area contributed by atoms with Gasteiger partial charge in [0.05, 0.1) is 5.25 Å². The van der Waals surface area contributed by atoms with Crippen LogP contribution in [0.5, 0.6) is 0 Å². The molecule has 0 spiro atoms. The van der Waals surface area contributed by atoms with Crippen molar-refractivity contribution in [3.8, 4) is 0 Å². The van der Waals surface area contributed by atoms with Gasteiger partial charge in [0.25, 0.3) is 0 Å². The lowest BCUT2D eigenvalue weighted by Crippen LogP contribution is -2.48. The van der Waals surface area contributed by atoms with E-state index in [1.54, 1.807) is 6.20 Å². The number of sulfonamides is 1. The van der Waals surface area contributed by atoms with Crippen LogP contribution < -0.4 is 9.62 Å².